The number of hydrogen-bond donors (Lipinski definition) is 0. The fourth-order valence-electron chi connectivity index (χ4n) is 1.87. The van der Waals surface area contributed by atoms with E-state index in [-0.39, 0.29) is 5.75 Å². The van der Waals surface area contributed by atoms with Gasteiger partial charge >= 0.3 is 0 Å². The summed E-state index contributed by atoms with van der Waals surface area (Å²) in [5.41, 5.74) is 2.26. The predicted octanol–water partition coefficient (Wildman–Crippen LogP) is 4.82. The molecular weight excluding hydrogens is 258 g/mol. The zero-order valence-electron chi connectivity index (χ0n) is 11.3. The molecule has 0 saturated carbocycles. The minimum absolute atomic E-state index is 0.208. The van der Waals surface area contributed by atoms with Gasteiger partial charge in [-0.3, -0.25) is 0 Å². The van der Waals surface area contributed by atoms with Gasteiger partial charge in [0.2, 0.25) is 0 Å². The molecule has 2 rings (SSSR count). The number of ether oxygens (including phenoxy) is 1. The van der Waals surface area contributed by atoms with Crippen LogP contribution in [0, 0.1) is 5.82 Å². The molecule has 0 aromatic heterocycles. The summed E-state index contributed by atoms with van der Waals surface area (Å²) in [7, 11) is 0. The summed E-state index contributed by atoms with van der Waals surface area (Å²) in [6.07, 6.45) is 0.935. The number of rotatable bonds is 5. The second-order valence-electron chi connectivity index (χ2n) is 4.67. The van der Waals surface area contributed by atoms with E-state index in [9.17, 15) is 8.78 Å². The second kappa shape index (κ2) is 6.85. The first-order valence-corrected chi connectivity index (χ1v) is 6.40. The Kier molecular flexibility index (Phi) is 4.88. The Bertz CT molecular complexity index is 591. The normalized spacial score (nSPS) is 11.4. The van der Waals surface area contributed by atoms with E-state index < -0.39 is 5.82 Å². The molecule has 3 heteroatoms. The molecule has 0 saturated heterocycles. The van der Waals surface area contributed by atoms with E-state index in [0.29, 0.717) is 24.9 Å². The molecule has 0 aliphatic carbocycles. The van der Waals surface area contributed by atoms with Crippen molar-refractivity contribution in [3.8, 4) is 5.75 Å². The summed E-state index contributed by atoms with van der Waals surface area (Å²) in [5.74, 6) is -0.218. The van der Waals surface area contributed by atoms with Gasteiger partial charge in [-0.2, -0.15) is 0 Å². The van der Waals surface area contributed by atoms with Crippen LogP contribution in [0.1, 0.15) is 18.1 Å². The maximum Gasteiger partial charge on any atom is 0.165 e. The van der Waals surface area contributed by atoms with Crippen LogP contribution in [0.15, 0.2) is 60.4 Å². The molecular formula is C17H16F2O. The van der Waals surface area contributed by atoms with E-state index in [1.54, 1.807) is 19.1 Å². The summed E-state index contributed by atoms with van der Waals surface area (Å²) in [6, 6.07) is 14.3. The van der Waals surface area contributed by atoms with Crippen molar-refractivity contribution in [3.63, 3.8) is 0 Å². The van der Waals surface area contributed by atoms with E-state index in [0.717, 1.165) is 11.1 Å². The highest BCUT2D eigenvalue weighted by Crippen LogP contribution is 2.21. The van der Waals surface area contributed by atoms with Crippen LogP contribution in [0.25, 0.3) is 0 Å². The standard InChI is InChI=1S/C17H16F2O/c1-13(11-18)9-15-7-8-17(16(19)10-15)20-12-14-5-3-2-4-6-14/h2-8,10-11H,9,12H2,1H3/b13-11-. The number of halogens is 2. The summed E-state index contributed by atoms with van der Waals surface area (Å²) in [5, 5.41) is 0. The van der Waals surface area contributed by atoms with Gasteiger partial charge in [0, 0.05) is 0 Å². The van der Waals surface area contributed by atoms with Crippen molar-refractivity contribution in [1.29, 1.82) is 0 Å². The van der Waals surface area contributed by atoms with Crippen LogP contribution >= 0.6 is 0 Å². The molecule has 0 aliphatic rings. The molecule has 20 heavy (non-hydrogen) atoms. The van der Waals surface area contributed by atoms with Crippen LogP contribution < -0.4 is 4.74 Å². The molecule has 0 unspecified atom stereocenters. The molecule has 2 aromatic carbocycles. The third-order valence-electron chi connectivity index (χ3n) is 2.90. The van der Waals surface area contributed by atoms with Crippen molar-refractivity contribution >= 4 is 0 Å². The van der Waals surface area contributed by atoms with Gasteiger partial charge in [-0.1, -0.05) is 36.4 Å². The molecule has 0 aliphatic heterocycles. The van der Waals surface area contributed by atoms with Crippen LogP contribution in [0.4, 0.5) is 8.78 Å². The van der Waals surface area contributed by atoms with Crippen LogP contribution in [0.2, 0.25) is 0 Å². The predicted molar refractivity (Wildman–Crippen MR) is 75.7 cm³/mol. The monoisotopic (exact) mass is 274 g/mol. The van der Waals surface area contributed by atoms with Crippen molar-refractivity contribution in [2.45, 2.75) is 20.0 Å². The lowest BCUT2D eigenvalue weighted by Crippen LogP contribution is -1.98. The van der Waals surface area contributed by atoms with Crippen LogP contribution in [-0.2, 0) is 13.0 Å². The molecule has 0 atom stereocenters. The van der Waals surface area contributed by atoms with E-state index in [1.807, 2.05) is 30.3 Å². The molecule has 0 heterocycles. The average molecular weight is 274 g/mol. The lowest BCUT2D eigenvalue weighted by atomic mass is 10.1. The van der Waals surface area contributed by atoms with E-state index in [1.165, 1.54) is 6.07 Å². The minimum Gasteiger partial charge on any atom is -0.486 e. The van der Waals surface area contributed by atoms with E-state index in [2.05, 4.69) is 0 Å². The molecule has 0 amide bonds. The number of allylic oxidation sites excluding steroid dienone is 1. The number of benzene rings is 2. The van der Waals surface area contributed by atoms with Crippen LogP contribution in [0.5, 0.6) is 5.75 Å². The Hall–Kier alpha value is -2.16. The summed E-state index contributed by atoms with van der Waals surface area (Å²) >= 11 is 0. The van der Waals surface area contributed by atoms with Gasteiger partial charge in [0.1, 0.15) is 6.61 Å². The first-order valence-electron chi connectivity index (χ1n) is 6.40. The Morgan fingerprint density at radius 1 is 1.10 bits per heavy atom. The van der Waals surface area contributed by atoms with Gasteiger partial charge in [0.15, 0.2) is 11.6 Å². The molecule has 0 N–H and O–H groups in total. The fraction of sp³-hybridized carbons (Fsp3) is 0.176. The van der Waals surface area contributed by atoms with Crippen molar-refractivity contribution in [2.24, 2.45) is 0 Å². The lowest BCUT2D eigenvalue weighted by Gasteiger charge is -2.09. The van der Waals surface area contributed by atoms with Gasteiger partial charge in [-0.15, -0.1) is 0 Å². The Labute approximate surface area is 117 Å². The minimum atomic E-state index is -0.426. The molecule has 0 radical (unpaired) electrons. The lowest BCUT2D eigenvalue weighted by molar-refractivity contribution is 0.290. The molecule has 0 bridgehead atoms. The molecule has 2 aromatic rings. The van der Waals surface area contributed by atoms with Crippen molar-refractivity contribution in [2.75, 3.05) is 0 Å². The second-order valence-corrected chi connectivity index (χ2v) is 4.67. The van der Waals surface area contributed by atoms with Gasteiger partial charge in [-0.25, -0.2) is 8.78 Å². The smallest absolute Gasteiger partial charge is 0.165 e. The maximum atomic E-state index is 13.9. The van der Waals surface area contributed by atoms with Gasteiger partial charge in [-0.05, 0) is 42.2 Å². The van der Waals surface area contributed by atoms with Gasteiger partial charge < -0.3 is 4.74 Å². The average Bonchev–Trinajstić information content (AvgIpc) is 2.47. The summed E-state index contributed by atoms with van der Waals surface area (Å²) in [6.45, 7) is 1.98. The van der Waals surface area contributed by atoms with Crippen molar-refractivity contribution in [3.05, 3.63) is 77.4 Å². The topological polar surface area (TPSA) is 9.23 Å². The summed E-state index contributed by atoms with van der Waals surface area (Å²) in [4.78, 5) is 0. The molecule has 0 fully saturated rings. The van der Waals surface area contributed by atoms with E-state index in [4.69, 9.17) is 4.74 Å². The van der Waals surface area contributed by atoms with Gasteiger partial charge in [0.05, 0.1) is 6.33 Å². The highest BCUT2D eigenvalue weighted by Gasteiger charge is 2.06. The zero-order valence-corrected chi connectivity index (χ0v) is 11.3. The quantitative estimate of drug-likeness (QED) is 0.759. The maximum absolute atomic E-state index is 13.9. The van der Waals surface area contributed by atoms with Crippen molar-refractivity contribution < 1.29 is 13.5 Å². The van der Waals surface area contributed by atoms with Crippen LogP contribution in [0.3, 0.4) is 0 Å². The molecule has 104 valence electrons. The largest absolute Gasteiger partial charge is 0.486 e. The SMILES string of the molecule is C/C(=C/F)Cc1ccc(OCc2ccccc2)c(F)c1. The Balaban J connectivity index is 2.03. The summed E-state index contributed by atoms with van der Waals surface area (Å²) < 4.78 is 31.6. The Morgan fingerprint density at radius 3 is 2.50 bits per heavy atom. The molecule has 0 spiro atoms. The first-order chi connectivity index (χ1) is 9.69. The number of hydrogen-bond acceptors (Lipinski definition) is 1. The molecule has 1 nitrogen and oxygen atoms in total. The highest BCUT2D eigenvalue weighted by atomic mass is 19.1. The third-order valence-corrected chi connectivity index (χ3v) is 2.90. The van der Waals surface area contributed by atoms with Crippen molar-refractivity contribution in [1.82, 2.24) is 0 Å². The zero-order chi connectivity index (χ0) is 14.4. The Morgan fingerprint density at radius 2 is 1.85 bits per heavy atom. The third kappa shape index (κ3) is 3.92. The fourth-order valence-corrected chi connectivity index (χ4v) is 1.87. The van der Waals surface area contributed by atoms with E-state index >= 15 is 0 Å². The highest BCUT2D eigenvalue weighted by molar-refractivity contribution is 5.31. The van der Waals surface area contributed by atoms with Gasteiger partial charge in [0.25, 0.3) is 0 Å². The first kappa shape index (κ1) is 14.3. The van der Waals surface area contributed by atoms with Crippen LogP contribution in [-0.4, -0.2) is 0 Å².